The molecule has 0 saturated carbocycles. The molecule has 0 spiro atoms. The Hall–Kier alpha value is -3.15. The van der Waals surface area contributed by atoms with Crippen molar-refractivity contribution < 1.29 is 17.9 Å². The van der Waals surface area contributed by atoms with E-state index in [-0.39, 0.29) is 35.5 Å². The van der Waals surface area contributed by atoms with Gasteiger partial charge in [0.2, 0.25) is 22.5 Å². The lowest BCUT2D eigenvalue weighted by molar-refractivity contribution is 0.0514. The molecule has 7 nitrogen and oxygen atoms in total. The smallest absolute Gasteiger partial charge is 0.234 e. The van der Waals surface area contributed by atoms with Crippen molar-refractivity contribution in [3.05, 3.63) is 88.1 Å². The number of nitriles is 1. The molecule has 0 amide bonds. The fourth-order valence-electron chi connectivity index (χ4n) is 3.07. The average Bonchev–Trinajstić information content (AvgIpc) is 3.32. The Balaban J connectivity index is 2.22. The van der Waals surface area contributed by atoms with Gasteiger partial charge in [-0.2, -0.15) is 5.26 Å². The van der Waals surface area contributed by atoms with Gasteiger partial charge in [-0.3, -0.25) is 4.90 Å². The highest BCUT2D eigenvalue weighted by Crippen LogP contribution is 2.30. The standard InChI is InChI=1S/C25H28ClN3O4S/c1-18(25(2,3)4)28-24(22(14-27)34(30,31)21-12-10-20(26)11-13-21)29(23-16-32-17-33-23)15-19-8-6-5-7-9-19/h5-13,16,18,28H,15,17H2,1-4H3. The van der Waals surface area contributed by atoms with Crippen molar-refractivity contribution in [3.8, 4) is 6.07 Å². The van der Waals surface area contributed by atoms with Crippen molar-refractivity contribution in [3.63, 3.8) is 0 Å². The van der Waals surface area contributed by atoms with Crippen LogP contribution in [-0.2, 0) is 25.9 Å². The third-order valence-corrected chi connectivity index (χ3v) is 7.51. The fourth-order valence-corrected chi connectivity index (χ4v) is 4.47. The number of benzene rings is 2. The van der Waals surface area contributed by atoms with E-state index in [2.05, 4.69) is 5.32 Å². The Morgan fingerprint density at radius 1 is 1.18 bits per heavy atom. The van der Waals surface area contributed by atoms with Gasteiger partial charge in [-0.15, -0.1) is 0 Å². The SMILES string of the molecule is CC(NC(=C(C#N)S(=O)(=O)c1ccc(Cl)cc1)N(Cc1ccccc1)C1=COCO1)C(C)(C)C. The predicted molar refractivity (Wildman–Crippen MR) is 130 cm³/mol. The molecule has 180 valence electrons. The summed E-state index contributed by atoms with van der Waals surface area (Å²) in [5, 5.41) is 13.8. The average molecular weight is 502 g/mol. The highest BCUT2D eigenvalue weighted by Gasteiger charge is 2.33. The summed E-state index contributed by atoms with van der Waals surface area (Å²) in [6.45, 7) is 8.25. The van der Waals surface area contributed by atoms with Gasteiger partial charge >= 0.3 is 0 Å². The normalized spacial score (nSPS) is 15.2. The van der Waals surface area contributed by atoms with Crippen LogP contribution in [0.5, 0.6) is 0 Å². The van der Waals surface area contributed by atoms with Crippen LogP contribution in [-0.4, -0.2) is 26.2 Å². The van der Waals surface area contributed by atoms with Gasteiger partial charge in [-0.05, 0) is 42.2 Å². The van der Waals surface area contributed by atoms with E-state index < -0.39 is 14.7 Å². The maximum absolute atomic E-state index is 13.6. The molecule has 1 heterocycles. The zero-order chi connectivity index (χ0) is 24.9. The first-order valence-corrected chi connectivity index (χ1v) is 12.6. The first kappa shape index (κ1) is 25.5. The minimum atomic E-state index is -4.19. The van der Waals surface area contributed by atoms with Crippen molar-refractivity contribution in [2.45, 2.75) is 45.2 Å². The molecule has 0 aliphatic carbocycles. The van der Waals surface area contributed by atoms with Crippen molar-refractivity contribution in [2.75, 3.05) is 6.79 Å². The highest BCUT2D eigenvalue weighted by molar-refractivity contribution is 7.95. The first-order chi connectivity index (χ1) is 16.0. The zero-order valence-electron chi connectivity index (χ0n) is 19.6. The summed E-state index contributed by atoms with van der Waals surface area (Å²) >= 11 is 5.95. The minimum absolute atomic E-state index is 0.00541. The number of hydrogen-bond donors (Lipinski definition) is 1. The number of halogens is 1. The Morgan fingerprint density at radius 3 is 2.35 bits per heavy atom. The van der Waals surface area contributed by atoms with Gasteiger partial charge in [0.25, 0.3) is 0 Å². The second kappa shape index (κ2) is 10.4. The lowest BCUT2D eigenvalue weighted by Crippen LogP contribution is -2.43. The lowest BCUT2D eigenvalue weighted by atomic mass is 9.88. The van der Waals surface area contributed by atoms with E-state index in [4.69, 9.17) is 21.1 Å². The van der Waals surface area contributed by atoms with Crippen LogP contribution in [0.15, 0.2) is 82.4 Å². The number of hydrogen-bond acceptors (Lipinski definition) is 7. The monoisotopic (exact) mass is 501 g/mol. The minimum Gasteiger partial charge on any atom is -0.459 e. The van der Waals surface area contributed by atoms with Crippen LogP contribution in [0.25, 0.3) is 0 Å². The lowest BCUT2D eigenvalue weighted by Gasteiger charge is -2.35. The number of sulfone groups is 1. The number of rotatable bonds is 8. The molecule has 9 heteroatoms. The molecule has 1 N–H and O–H groups in total. The van der Waals surface area contributed by atoms with Gasteiger partial charge < -0.3 is 14.8 Å². The molecule has 0 saturated heterocycles. The van der Waals surface area contributed by atoms with E-state index >= 15 is 0 Å². The molecule has 1 unspecified atom stereocenters. The van der Waals surface area contributed by atoms with Crippen LogP contribution < -0.4 is 5.32 Å². The second-order valence-electron chi connectivity index (χ2n) is 8.94. The summed E-state index contributed by atoms with van der Waals surface area (Å²) in [5.74, 6) is 0.409. The molecule has 0 fully saturated rings. The molecule has 0 aromatic heterocycles. The van der Waals surface area contributed by atoms with Gasteiger partial charge in [0.15, 0.2) is 4.91 Å². The summed E-state index contributed by atoms with van der Waals surface area (Å²) in [5.41, 5.74) is 0.651. The largest absolute Gasteiger partial charge is 0.459 e. The topological polar surface area (TPSA) is 91.7 Å². The third-order valence-electron chi connectivity index (χ3n) is 5.54. The third kappa shape index (κ3) is 5.85. The Labute approximate surface area is 206 Å². The van der Waals surface area contributed by atoms with E-state index in [1.165, 1.54) is 30.5 Å². The maximum atomic E-state index is 13.6. The molecular formula is C25H28ClN3O4S. The van der Waals surface area contributed by atoms with E-state index in [1.54, 1.807) is 4.90 Å². The van der Waals surface area contributed by atoms with Gasteiger partial charge in [-0.1, -0.05) is 62.7 Å². The van der Waals surface area contributed by atoms with Crippen LogP contribution in [0.2, 0.25) is 5.02 Å². The number of nitrogens with one attached hydrogen (secondary N) is 1. The molecule has 1 atom stereocenters. The zero-order valence-corrected chi connectivity index (χ0v) is 21.2. The summed E-state index contributed by atoms with van der Waals surface area (Å²) in [7, 11) is -4.19. The van der Waals surface area contributed by atoms with Crippen LogP contribution in [0.1, 0.15) is 33.3 Å². The van der Waals surface area contributed by atoms with Crippen LogP contribution in [0.4, 0.5) is 0 Å². The van der Waals surface area contributed by atoms with Gasteiger partial charge in [0.1, 0.15) is 18.2 Å². The number of ether oxygens (including phenoxy) is 2. The predicted octanol–water partition coefficient (Wildman–Crippen LogP) is 5.14. The molecule has 1 aliphatic heterocycles. The van der Waals surface area contributed by atoms with Crippen molar-refractivity contribution in [1.29, 1.82) is 5.26 Å². The number of allylic oxidation sites excluding steroid dienone is 1. The van der Waals surface area contributed by atoms with E-state index in [9.17, 15) is 13.7 Å². The van der Waals surface area contributed by atoms with Gasteiger partial charge in [-0.25, -0.2) is 8.42 Å². The van der Waals surface area contributed by atoms with Crippen molar-refractivity contribution in [1.82, 2.24) is 10.2 Å². The van der Waals surface area contributed by atoms with Crippen LogP contribution >= 0.6 is 11.6 Å². The molecule has 3 rings (SSSR count). The Morgan fingerprint density at radius 2 is 1.82 bits per heavy atom. The van der Waals surface area contributed by atoms with Crippen molar-refractivity contribution >= 4 is 21.4 Å². The van der Waals surface area contributed by atoms with E-state index in [0.29, 0.717) is 10.9 Å². The van der Waals surface area contributed by atoms with E-state index in [0.717, 1.165) is 5.56 Å². The Bertz CT molecular complexity index is 1210. The van der Waals surface area contributed by atoms with Gasteiger partial charge in [0, 0.05) is 11.1 Å². The highest BCUT2D eigenvalue weighted by atomic mass is 35.5. The first-order valence-electron chi connectivity index (χ1n) is 10.7. The molecule has 2 aromatic rings. The molecule has 0 radical (unpaired) electrons. The van der Waals surface area contributed by atoms with E-state index in [1.807, 2.05) is 64.1 Å². The molecule has 2 aromatic carbocycles. The second-order valence-corrected chi connectivity index (χ2v) is 11.3. The van der Waals surface area contributed by atoms with Crippen LogP contribution in [0, 0.1) is 16.7 Å². The quantitative estimate of drug-likeness (QED) is 0.501. The fraction of sp³-hybridized carbons (Fsp3) is 0.320. The summed E-state index contributed by atoms with van der Waals surface area (Å²) in [6.07, 6.45) is 1.41. The maximum Gasteiger partial charge on any atom is 0.234 e. The van der Waals surface area contributed by atoms with Crippen molar-refractivity contribution in [2.24, 2.45) is 5.41 Å². The summed E-state index contributed by atoms with van der Waals surface area (Å²) in [6, 6.07) is 16.9. The molecule has 1 aliphatic rings. The van der Waals surface area contributed by atoms with Crippen LogP contribution in [0.3, 0.4) is 0 Å². The molecule has 0 bridgehead atoms. The Kier molecular flexibility index (Phi) is 7.80. The summed E-state index contributed by atoms with van der Waals surface area (Å²) < 4.78 is 38.2. The molecule has 34 heavy (non-hydrogen) atoms. The summed E-state index contributed by atoms with van der Waals surface area (Å²) in [4.78, 5) is 1.16. The van der Waals surface area contributed by atoms with Gasteiger partial charge in [0.05, 0.1) is 11.4 Å². The number of nitrogens with zero attached hydrogens (tertiary/aromatic N) is 2. The molecular weight excluding hydrogens is 474 g/mol.